The maximum Gasteiger partial charge on any atom is 0.257 e. The molecule has 1 N–H and O–H groups in total. The van der Waals surface area contributed by atoms with Gasteiger partial charge in [-0.1, -0.05) is 11.6 Å². The van der Waals surface area contributed by atoms with Crippen LogP contribution in [0.15, 0.2) is 39.5 Å². The molecule has 0 atom stereocenters. The lowest BCUT2D eigenvalue weighted by molar-refractivity contribution is 0.102. The predicted octanol–water partition coefficient (Wildman–Crippen LogP) is 4.91. The SMILES string of the molecule is CCOc1c(Br)cc(Cl)cc1NC(=O)c1cncc(Br)c1. The van der Waals surface area contributed by atoms with Gasteiger partial charge in [0.2, 0.25) is 0 Å². The number of carbonyl (C=O) groups is 1. The minimum atomic E-state index is -0.293. The summed E-state index contributed by atoms with van der Waals surface area (Å²) in [5.74, 6) is 0.247. The highest BCUT2D eigenvalue weighted by Gasteiger charge is 2.14. The largest absolute Gasteiger partial charge is 0.491 e. The zero-order chi connectivity index (χ0) is 15.4. The molecule has 2 rings (SSSR count). The van der Waals surface area contributed by atoms with Gasteiger partial charge < -0.3 is 10.1 Å². The Morgan fingerprint density at radius 3 is 2.76 bits per heavy atom. The van der Waals surface area contributed by atoms with Crippen LogP contribution in [0.4, 0.5) is 5.69 Å². The number of hydrogen-bond donors (Lipinski definition) is 1. The van der Waals surface area contributed by atoms with Crippen LogP contribution in [-0.4, -0.2) is 17.5 Å². The van der Waals surface area contributed by atoms with Crippen molar-refractivity contribution in [3.63, 3.8) is 0 Å². The van der Waals surface area contributed by atoms with Gasteiger partial charge in [-0.3, -0.25) is 9.78 Å². The lowest BCUT2D eigenvalue weighted by atomic mass is 10.2. The number of carbonyl (C=O) groups excluding carboxylic acids is 1. The first-order valence-corrected chi connectivity index (χ1v) is 8.01. The number of rotatable bonds is 4. The smallest absolute Gasteiger partial charge is 0.257 e. The summed E-state index contributed by atoms with van der Waals surface area (Å²) >= 11 is 12.7. The molecule has 4 nitrogen and oxygen atoms in total. The zero-order valence-electron chi connectivity index (χ0n) is 11.0. The summed E-state index contributed by atoms with van der Waals surface area (Å²) in [5.41, 5.74) is 0.934. The minimum absolute atomic E-state index is 0.293. The molecule has 7 heteroatoms. The molecule has 0 saturated heterocycles. The number of amides is 1. The van der Waals surface area contributed by atoms with Crippen LogP contribution in [0.25, 0.3) is 0 Å². The molecular weight excluding hydrogens is 423 g/mol. The van der Waals surface area contributed by atoms with Gasteiger partial charge in [-0.05, 0) is 57.0 Å². The Balaban J connectivity index is 2.32. The number of nitrogens with zero attached hydrogens (tertiary/aromatic N) is 1. The number of benzene rings is 1. The Morgan fingerprint density at radius 1 is 1.33 bits per heavy atom. The first kappa shape index (κ1) is 16.3. The van der Waals surface area contributed by atoms with E-state index in [-0.39, 0.29) is 5.91 Å². The number of hydrogen-bond acceptors (Lipinski definition) is 3. The van der Waals surface area contributed by atoms with Crippen molar-refractivity contribution >= 4 is 55.1 Å². The van der Waals surface area contributed by atoms with Crippen LogP contribution in [0.3, 0.4) is 0 Å². The van der Waals surface area contributed by atoms with Gasteiger partial charge in [-0.25, -0.2) is 0 Å². The van der Waals surface area contributed by atoms with Gasteiger partial charge in [0.15, 0.2) is 5.75 Å². The fraction of sp³-hybridized carbons (Fsp3) is 0.143. The molecule has 1 aromatic heterocycles. The molecule has 21 heavy (non-hydrogen) atoms. The van der Waals surface area contributed by atoms with Crippen molar-refractivity contribution in [1.29, 1.82) is 0 Å². The van der Waals surface area contributed by atoms with Crippen molar-refractivity contribution < 1.29 is 9.53 Å². The van der Waals surface area contributed by atoms with E-state index in [0.29, 0.717) is 33.1 Å². The minimum Gasteiger partial charge on any atom is -0.491 e. The van der Waals surface area contributed by atoms with Crippen LogP contribution in [-0.2, 0) is 0 Å². The van der Waals surface area contributed by atoms with Crippen molar-refractivity contribution in [2.24, 2.45) is 0 Å². The summed E-state index contributed by atoms with van der Waals surface area (Å²) in [6.07, 6.45) is 3.10. The number of anilines is 1. The molecule has 0 bridgehead atoms. The highest BCUT2D eigenvalue weighted by molar-refractivity contribution is 9.10. The Labute approximate surface area is 144 Å². The fourth-order valence-electron chi connectivity index (χ4n) is 1.67. The van der Waals surface area contributed by atoms with Crippen molar-refractivity contribution in [3.05, 3.63) is 50.1 Å². The second-order valence-electron chi connectivity index (χ2n) is 4.04. The highest BCUT2D eigenvalue weighted by Crippen LogP contribution is 2.36. The van der Waals surface area contributed by atoms with Gasteiger partial charge in [0.25, 0.3) is 5.91 Å². The van der Waals surface area contributed by atoms with Gasteiger partial charge >= 0.3 is 0 Å². The van der Waals surface area contributed by atoms with Crippen molar-refractivity contribution in [1.82, 2.24) is 4.98 Å². The maximum absolute atomic E-state index is 12.3. The topological polar surface area (TPSA) is 51.2 Å². The molecule has 0 fully saturated rings. The predicted molar refractivity (Wildman–Crippen MR) is 90.2 cm³/mol. The molecule has 0 aliphatic heterocycles. The average molecular weight is 435 g/mol. The fourth-order valence-corrected chi connectivity index (χ4v) is 2.96. The van der Waals surface area contributed by atoms with Gasteiger partial charge in [-0.15, -0.1) is 0 Å². The molecule has 2 aromatic rings. The van der Waals surface area contributed by atoms with Crippen LogP contribution in [0.5, 0.6) is 5.75 Å². The van der Waals surface area contributed by atoms with E-state index in [1.165, 1.54) is 6.20 Å². The van der Waals surface area contributed by atoms with E-state index in [2.05, 4.69) is 42.2 Å². The number of aromatic nitrogens is 1. The Hall–Kier alpha value is -1.11. The van der Waals surface area contributed by atoms with Crippen LogP contribution < -0.4 is 10.1 Å². The molecule has 110 valence electrons. The van der Waals surface area contributed by atoms with E-state index in [9.17, 15) is 4.79 Å². The zero-order valence-corrected chi connectivity index (χ0v) is 14.9. The molecule has 0 unspecified atom stereocenters. The molecule has 1 heterocycles. The molecule has 0 saturated carbocycles. The molecule has 1 amide bonds. The van der Waals surface area contributed by atoms with E-state index >= 15 is 0 Å². The second-order valence-corrected chi connectivity index (χ2v) is 6.25. The summed E-state index contributed by atoms with van der Waals surface area (Å²) in [6.45, 7) is 2.34. The summed E-state index contributed by atoms with van der Waals surface area (Å²) < 4.78 is 6.95. The molecule has 0 aliphatic carbocycles. The third-order valence-corrected chi connectivity index (χ3v) is 3.75. The summed E-state index contributed by atoms with van der Waals surface area (Å²) in [4.78, 5) is 16.2. The van der Waals surface area contributed by atoms with E-state index in [0.717, 1.165) is 4.47 Å². The lowest BCUT2D eigenvalue weighted by Gasteiger charge is -2.14. The number of halogens is 3. The second kappa shape index (κ2) is 7.24. The monoisotopic (exact) mass is 432 g/mol. The van der Waals surface area contributed by atoms with E-state index in [1.807, 2.05) is 6.92 Å². The van der Waals surface area contributed by atoms with Gasteiger partial charge in [0.05, 0.1) is 22.3 Å². The van der Waals surface area contributed by atoms with Crippen LogP contribution in [0.1, 0.15) is 17.3 Å². The van der Waals surface area contributed by atoms with Crippen LogP contribution in [0, 0.1) is 0 Å². The van der Waals surface area contributed by atoms with Crippen molar-refractivity contribution in [3.8, 4) is 5.75 Å². The Bertz CT molecular complexity index is 680. The van der Waals surface area contributed by atoms with E-state index in [1.54, 1.807) is 24.4 Å². The van der Waals surface area contributed by atoms with Gasteiger partial charge in [0.1, 0.15) is 0 Å². The highest BCUT2D eigenvalue weighted by atomic mass is 79.9. The lowest BCUT2D eigenvalue weighted by Crippen LogP contribution is -2.13. The third kappa shape index (κ3) is 4.18. The van der Waals surface area contributed by atoms with Gasteiger partial charge in [-0.2, -0.15) is 0 Å². The maximum atomic E-state index is 12.3. The molecular formula is C14H11Br2ClN2O2. The molecule has 0 spiro atoms. The van der Waals surface area contributed by atoms with Crippen LogP contribution in [0.2, 0.25) is 5.02 Å². The van der Waals surface area contributed by atoms with E-state index < -0.39 is 0 Å². The molecule has 0 radical (unpaired) electrons. The standard InChI is InChI=1S/C14H11Br2ClN2O2/c1-2-21-13-11(16)4-10(17)5-12(13)19-14(20)8-3-9(15)7-18-6-8/h3-7H,2H2,1H3,(H,19,20). The Morgan fingerprint density at radius 2 is 2.10 bits per heavy atom. The first-order valence-electron chi connectivity index (χ1n) is 6.05. The average Bonchev–Trinajstić information content (AvgIpc) is 2.42. The molecule has 1 aromatic carbocycles. The summed E-state index contributed by atoms with van der Waals surface area (Å²) in [5, 5.41) is 3.27. The van der Waals surface area contributed by atoms with Crippen molar-refractivity contribution in [2.75, 3.05) is 11.9 Å². The number of ether oxygens (including phenoxy) is 1. The van der Waals surface area contributed by atoms with E-state index in [4.69, 9.17) is 16.3 Å². The summed E-state index contributed by atoms with van der Waals surface area (Å²) in [6, 6.07) is 5.03. The van der Waals surface area contributed by atoms with Crippen LogP contribution >= 0.6 is 43.5 Å². The van der Waals surface area contributed by atoms with Crippen molar-refractivity contribution in [2.45, 2.75) is 6.92 Å². The number of pyridine rings is 1. The quantitative estimate of drug-likeness (QED) is 0.744. The first-order chi connectivity index (χ1) is 10.0. The Kier molecular flexibility index (Phi) is 5.61. The molecule has 0 aliphatic rings. The van der Waals surface area contributed by atoms with Gasteiger partial charge in [0, 0.05) is 21.9 Å². The third-order valence-electron chi connectivity index (χ3n) is 2.51. The normalized spacial score (nSPS) is 10.3. The number of nitrogens with one attached hydrogen (secondary N) is 1. The summed E-state index contributed by atoms with van der Waals surface area (Å²) in [7, 11) is 0.